The molecule has 326 valence electrons. The molecule has 2 unspecified atom stereocenters. The van der Waals surface area contributed by atoms with Crippen molar-refractivity contribution in [3.8, 4) is 0 Å². The molecule has 57 heavy (non-hydrogen) atoms. The Morgan fingerprint density at radius 3 is 2.04 bits per heavy atom. The average molecular weight is 813 g/mol. The molecule has 4 saturated carbocycles. The standard InChI is InChI=1S/C42H68O15/c1-18-26(47)28(49)30(51)34(54-18)57-36(53)42-12-11-37(2,3)13-20(42)19-9-10-24-39(6)14-22(45)33(56-35-31(52)29(50)27(48)23(17-43)55-35)38(4,5)32(39)21(44)15-41(24,8)40(19,7)16-25(42)46/h9,18,20-35,43-52H,10-17H2,1-8H3/t18-,20?,21+,22-,23+,24+,25+,26-,27+,28+,29-,30+,31+,32?,33-,34+,35-,39+,40+,41+,42+/m0/s1. The summed E-state index contributed by atoms with van der Waals surface area (Å²) in [6.45, 7) is 15.4. The predicted molar refractivity (Wildman–Crippen MR) is 200 cm³/mol. The fourth-order valence-electron chi connectivity index (χ4n) is 13.9. The highest BCUT2D eigenvalue weighted by molar-refractivity contribution is 5.80. The van der Waals surface area contributed by atoms with Gasteiger partial charge in [-0.15, -0.1) is 0 Å². The van der Waals surface area contributed by atoms with Crippen molar-refractivity contribution in [3.05, 3.63) is 11.6 Å². The zero-order valence-corrected chi connectivity index (χ0v) is 34.6. The van der Waals surface area contributed by atoms with Gasteiger partial charge in [0.15, 0.2) is 6.29 Å². The van der Waals surface area contributed by atoms with Crippen LogP contribution in [0.4, 0.5) is 0 Å². The molecular formula is C42H68O15. The van der Waals surface area contributed by atoms with E-state index in [9.17, 15) is 55.9 Å². The number of aliphatic hydroxyl groups is 10. The van der Waals surface area contributed by atoms with Gasteiger partial charge in [0.2, 0.25) is 6.29 Å². The van der Waals surface area contributed by atoms with Gasteiger partial charge >= 0.3 is 5.97 Å². The number of fused-ring (bicyclic) bond motifs is 7. The lowest BCUT2D eigenvalue weighted by atomic mass is 9.32. The van der Waals surface area contributed by atoms with E-state index < -0.39 is 137 Å². The molecular weight excluding hydrogens is 744 g/mol. The Morgan fingerprint density at radius 2 is 1.39 bits per heavy atom. The number of carbonyl (C=O) groups is 1. The van der Waals surface area contributed by atoms with Crippen LogP contribution in [0.15, 0.2) is 11.6 Å². The Balaban J connectivity index is 1.22. The number of ether oxygens (including phenoxy) is 4. The lowest BCUT2D eigenvalue weighted by Crippen LogP contribution is -2.72. The highest BCUT2D eigenvalue weighted by Gasteiger charge is 2.74. The molecule has 2 saturated heterocycles. The summed E-state index contributed by atoms with van der Waals surface area (Å²) in [4.78, 5) is 14.6. The maximum Gasteiger partial charge on any atom is 0.317 e. The van der Waals surface area contributed by atoms with Crippen molar-refractivity contribution in [1.82, 2.24) is 0 Å². The monoisotopic (exact) mass is 812 g/mol. The molecule has 21 atom stereocenters. The van der Waals surface area contributed by atoms with E-state index in [1.807, 2.05) is 13.8 Å². The van der Waals surface area contributed by atoms with Crippen LogP contribution >= 0.6 is 0 Å². The first-order valence-electron chi connectivity index (χ1n) is 20.9. The minimum Gasteiger partial charge on any atom is -0.432 e. The predicted octanol–water partition coefficient (Wildman–Crippen LogP) is 0.256. The summed E-state index contributed by atoms with van der Waals surface area (Å²) >= 11 is 0. The van der Waals surface area contributed by atoms with E-state index in [0.29, 0.717) is 32.1 Å². The van der Waals surface area contributed by atoms with E-state index >= 15 is 0 Å². The summed E-state index contributed by atoms with van der Waals surface area (Å²) in [6, 6.07) is 0. The number of aliphatic hydroxyl groups excluding tert-OH is 10. The highest BCUT2D eigenvalue weighted by Crippen LogP contribution is 2.76. The second-order valence-corrected chi connectivity index (χ2v) is 21.1. The molecule has 2 heterocycles. The Hall–Kier alpha value is -1.31. The van der Waals surface area contributed by atoms with Gasteiger partial charge in [-0.25, -0.2) is 0 Å². The fourth-order valence-corrected chi connectivity index (χ4v) is 13.9. The van der Waals surface area contributed by atoms with Crippen LogP contribution in [-0.2, 0) is 23.7 Å². The van der Waals surface area contributed by atoms with E-state index in [0.717, 1.165) is 5.57 Å². The van der Waals surface area contributed by atoms with Gasteiger partial charge in [-0.05, 0) is 96.7 Å². The Bertz CT molecular complexity index is 1570. The van der Waals surface area contributed by atoms with Crippen molar-refractivity contribution in [3.63, 3.8) is 0 Å². The van der Waals surface area contributed by atoms with Crippen molar-refractivity contribution >= 4 is 5.97 Å². The number of hydrogen-bond acceptors (Lipinski definition) is 15. The molecule has 7 aliphatic rings. The van der Waals surface area contributed by atoms with Gasteiger partial charge in [-0.2, -0.15) is 0 Å². The second-order valence-electron chi connectivity index (χ2n) is 21.1. The fraction of sp³-hybridized carbons (Fsp3) is 0.929. The maximum absolute atomic E-state index is 14.6. The normalized spacial score (nSPS) is 55.6. The molecule has 0 aromatic carbocycles. The molecule has 7 rings (SSSR count). The Morgan fingerprint density at radius 1 is 0.754 bits per heavy atom. The lowest BCUT2D eigenvalue weighted by Gasteiger charge is -2.73. The third-order valence-electron chi connectivity index (χ3n) is 17.0. The second kappa shape index (κ2) is 14.4. The topological polar surface area (TPSA) is 256 Å². The Kier molecular flexibility index (Phi) is 11.0. The van der Waals surface area contributed by atoms with Gasteiger partial charge in [-0.3, -0.25) is 4.79 Å². The Labute approximate surface area is 335 Å². The first-order chi connectivity index (χ1) is 26.3. The molecule has 15 heteroatoms. The van der Waals surface area contributed by atoms with Crippen LogP contribution < -0.4 is 0 Å². The highest BCUT2D eigenvalue weighted by atomic mass is 16.7. The molecule has 0 radical (unpaired) electrons. The summed E-state index contributed by atoms with van der Waals surface area (Å²) in [7, 11) is 0. The van der Waals surface area contributed by atoms with E-state index in [1.54, 1.807) is 0 Å². The molecule has 15 nitrogen and oxygen atoms in total. The van der Waals surface area contributed by atoms with Crippen molar-refractivity contribution in [2.24, 2.45) is 50.2 Å². The van der Waals surface area contributed by atoms with E-state index in [2.05, 4.69) is 40.7 Å². The van der Waals surface area contributed by atoms with Crippen LogP contribution in [0.5, 0.6) is 0 Å². The third-order valence-corrected chi connectivity index (χ3v) is 17.0. The van der Waals surface area contributed by atoms with E-state index in [4.69, 9.17) is 18.9 Å². The van der Waals surface area contributed by atoms with Crippen molar-refractivity contribution in [1.29, 1.82) is 0 Å². The van der Waals surface area contributed by atoms with Crippen LogP contribution in [0.3, 0.4) is 0 Å². The average Bonchev–Trinajstić information content (AvgIpc) is 3.10. The van der Waals surface area contributed by atoms with E-state index in [1.165, 1.54) is 6.92 Å². The molecule has 0 spiro atoms. The summed E-state index contributed by atoms with van der Waals surface area (Å²) in [6.07, 6.45) is -13.7. The summed E-state index contributed by atoms with van der Waals surface area (Å²) in [5.41, 5.74) is -3.47. The van der Waals surface area contributed by atoms with Crippen LogP contribution in [0, 0.1) is 50.2 Å². The largest absolute Gasteiger partial charge is 0.432 e. The number of hydrogen-bond donors (Lipinski definition) is 10. The number of rotatable bonds is 5. The smallest absolute Gasteiger partial charge is 0.317 e. The van der Waals surface area contributed by atoms with Crippen LogP contribution in [0.1, 0.15) is 100 Å². The van der Waals surface area contributed by atoms with Crippen molar-refractivity contribution in [2.45, 2.75) is 186 Å². The van der Waals surface area contributed by atoms with Crippen molar-refractivity contribution in [2.75, 3.05) is 6.61 Å². The minimum absolute atomic E-state index is 0.0993. The van der Waals surface area contributed by atoms with E-state index in [-0.39, 0.29) is 24.2 Å². The van der Waals surface area contributed by atoms with Crippen molar-refractivity contribution < 1.29 is 74.8 Å². The van der Waals surface area contributed by atoms with Crippen LogP contribution in [0.2, 0.25) is 0 Å². The molecule has 0 aromatic rings. The summed E-state index contributed by atoms with van der Waals surface area (Å²) in [5, 5.41) is 110. The number of esters is 1. The first-order valence-corrected chi connectivity index (χ1v) is 20.9. The SMILES string of the molecule is C[C@@H]1O[C@H](OC(=O)[C@]23CCC(C)(C)CC2C2=CC[C@@H]4[C@@]5(C)C[C@H](O)[C@H](O[C@@H]6O[C@H](CO)[C@@H](O)[C@H](O)[C@H]6O)C(C)(C)C5[C@H](O)C[C@@]4(C)[C@]2(C)C[C@H]3O)[C@H](O)[C@H](O)[C@H]1O. The van der Waals surface area contributed by atoms with Gasteiger partial charge in [0, 0.05) is 0 Å². The summed E-state index contributed by atoms with van der Waals surface area (Å²) < 4.78 is 23.5. The maximum atomic E-state index is 14.6. The van der Waals surface area contributed by atoms with Gasteiger partial charge in [0.1, 0.15) is 48.1 Å². The molecule has 5 aliphatic carbocycles. The molecule has 10 N–H and O–H groups in total. The third kappa shape index (κ3) is 6.26. The quantitative estimate of drug-likeness (QED) is 0.102. The van der Waals surface area contributed by atoms with Crippen LogP contribution in [-0.4, -0.2) is 149 Å². The zero-order valence-electron chi connectivity index (χ0n) is 34.6. The zero-order chi connectivity index (χ0) is 42.2. The van der Waals surface area contributed by atoms with Gasteiger partial charge in [0.05, 0.1) is 37.1 Å². The first kappa shape index (κ1) is 43.8. The van der Waals surface area contributed by atoms with Crippen LogP contribution in [0.25, 0.3) is 0 Å². The molecule has 0 bridgehead atoms. The number of allylic oxidation sites excluding steroid dienone is 2. The lowest BCUT2D eigenvalue weighted by molar-refractivity contribution is -0.346. The summed E-state index contributed by atoms with van der Waals surface area (Å²) in [5.74, 6) is -1.70. The number of carbonyl (C=O) groups excluding carboxylic acids is 1. The van der Waals surface area contributed by atoms with Gasteiger partial charge < -0.3 is 70.0 Å². The molecule has 2 aliphatic heterocycles. The van der Waals surface area contributed by atoms with Gasteiger partial charge in [0.25, 0.3) is 0 Å². The minimum atomic E-state index is -1.69. The van der Waals surface area contributed by atoms with Gasteiger partial charge in [-0.1, -0.05) is 60.1 Å². The molecule has 0 aromatic heterocycles. The molecule has 6 fully saturated rings. The molecule has 0 amide bonds.